The van der Waals surface area contributed by atoms with Gasteiger partial charge in [-0.1, -0.05) is 19.1 Å². The van der Waals surface area contributed by atoms with Gasteiger partial charge >= 0.3 is 0 Å². The van der Waals surface area contributed by atoms with Crippen LogP contribution < -0.4 is 0 Å². The third kappa shape index (κ3) is 1.37. The van der Waals surface area contributed by atoms with Crippen molar-refractivity contribution in [1.82, 2.24) is 4.81 Å². The summed E-state index contributed by atoms with van der Waals surface area (Å²) in [6, 6.07) is 0. The maximum absolute atomic E-state index is 2.32. The van der Waals surface area contributed by atoms with E-state index in [4.69, 9.17) is 0 Å². The van der Waals surface area contributed by atoms with Crippen LogP contribution in [0, 0.1) is 0 Å². The Bertz CT molecular complexity index is 101. The van der Waals surface area contributed by atoms with Crippen LogP contribution in [0.1, 0.15) is 6.92 Å². The zero-order valence-corrected chi connectivity index (χ0v) is 5.59. The number of likely N-dealkylation sites (N-methyl/N-ethyl adjacent to an activating group) is 1. The maximum Gasteiger partial charge on any atom is 0.211 e. The molecule has 0 fully saturated rings. The van der Waals surface area contributed by atoms with E-state index < -0.39 is 0 Å². The molecular formula is C6H12BN. The highest BCUT2D eigenvalue weighted by molar-refractivity contribution is 6.35. The minimum Gasteiger partial charge on any atom is -0.344 e. The first-order valence-electron chi connectivity index (χ1n) is 3.14. The average molecular weight is 109 g/mol. The molecular weight excluding hydrogens is 96.9 g/mol. The summed E-state index contributed by atoms with van der Waals surface area (Å²) in [5, 5.41) is 0. The van der Waals surface area contributed by atoms with Gasteiger partial charge in [0.1, 0.15) is 0 Å². The molecule has 1 unspecified atom stereocenters. The van der Waals surface area contributed by atoms with Crippen molar-refractivity contribution in [2.45, 2.75) is 12.7 Å². The molecule has 2 heteroatoms. The molecule has 0 bridgehead atoms. The molecule has 0 aliphatic carbocycles. The largest absolute Gasteiger partial charge is 0.344 e. The first-order valence-corrected chi connectivity index (χ1v) is 3.14. The number of hydrogen-bond donors (Lipinski definition) is 0. The van der Waals surface area contributed by atoms with Gasteiger partial charge in [-0.2, -0.15) is 0 Å². The van der Waals surface area contributed by atoms with Gasteiger partial charge in [0.15, 0.2) is 0 Å². The summed E-state index contributed by atoms with van der Waals surface area (Å²) < 4.78 is 0. The number of allylic oxidation sites excluding steroid dienone is 1. The third-order valence-electron chi connectivity index (χ3n) is 1.48. The van der Waals surface area contributed by atoms with Crippen LogP contribution in [0.25, 0.3) is 0 Å². The summed E-state index contributed by atoms with van der Waals surface area (Å²) in [7, 11) is 3.37. The molecule has 0 amide bonds. The lowest BCUT2D eigenvalue weighted by Gasteiger charge is -2.20. The maximum atomic E-state index is 2.32. The van der Waals surface area contributed by atoms with Gasteiger partial charge in [-0.05, 0) is 12.9 Å². The second-order valence-corrected chi connectivity index (χ2v) is 2.63. The Balaban J connectivity index is 2.42. The lowest BCUT2D eigenvalue weighted by Crippen LogP contribution is -2.28. The average Bonchev–Trinajstić information content (AvgIpc) is 1.64. The predicted octanol–water partition coefficient (Wildman–Crippen LogP) is 0.648. The van der Waals surface area contributed by atoms with Gasteiger partial charge < -0.3 is 4.81 Å². The highest BCUT2D eigenvalue weighted by Gasteiger charge is 2.07. The molecule has 0 saturated carbocycles. The van der Waals surface area contributed by atoms with Crippen LogP contribution in [-0.4, -0.2) is 25.8 Å². The van der Waals surface area contributed by atoms with Gasteiger partial charge in [0.05, 0.1) is 0 Å². The number of hydrogen-bond acceptors (Lipinski definition) is 1. The molecule has 0 spiro atoms. The molecule has 0 N–H and O–H groups in total. The molecule has 0 aromatic carbocycles. The Hall–Kier alpha value is -0.235. The topological polar surface area (TPSA) is 3.24 Å². The van der Waals surface area contributed by atoms with Gasteiger partial charge in [0.2, 0.25) is 7.41 Å². The van der Waals surface area contributed by atoms with Crippen LogP contribution in [0.15, 0.2) is 12.2 Å². The van der Waals surface area contributed by atoms with Gasteiger partial charge in [-0.15, -0.1) is 0 Å². The lowest BCUT2D eigenvalue weighted by atomic mass is 9.73. The normalized spacial score (nSPS) is 30.0. The fourth-order valence-corrected chi connectivity index (χ4v) is 1.10. The van der Waals surface area contributed by atoms with Gasteiger partial charge in [-0.25, -0.2) is 0 Å². The van der Waals surface area contributed by atoms with E-state index in [-0.39, 0.29) is 0 Å². The van der Waals surface area contributed by atoms with Crippen LogP contribution in [0.3, 0.4) is 0 Å². The Morgan fingerprint density at radius 2 is 2.50 bits per heavy atom. The van der Waals surface area contributed by atoms with Crippen molar-refractivity contribution in [1.29, 1.82) is 0 Å². The van der Waals surface area contributed by atoms with Crippen molar-refractivity contribution in [3.8, 4) is 0 Å². The SMILES string of the molecule is CC1BN(C)CC=C1. The van der Waals surface area contributed by atoms with E-state index in [1.807, 2.05) is 0 Å². The van der Waals surface area contributed by atoms with Crippen molar-refractivity contribution in [2.24, 2.45) is 0 Å². The van der Waals surface area contributed by atoms with E-state index >= 15 is 0 Å². The van der Waals surface area contributed by atoms with Crippen LogP contribution in [0.5, 0.6) is 0 Å². The van der Waals surface area contributed by atoms with E-state index in [0.717, 1.165) is 12.4 Å². The molecule has 44 valence electrons. The Morgan fingerprint density at radius 1 is 1.75 bits per heavy atom. The zero-order valence-electron chi connectivity index (χ0n) is 5.59. The van der Waals surface area contributed by atoms with E-state index in [1.165, 1.54) is 7.41 Å². The van der Waals surface area contributed by atoms with Crippen molar-refractivity contribution in [3.05, 3.63) is 12.2 Å². The van der Waals surface area contributed by atoms with Crippen molar-refractivity contribution >= 4 is 7.41 Å². The van der Waals surface area contributed by atoms with Crippen LogP contribution in [-0.2, 0) is 0 Å². The van der Waals surface area contributed by atoms with Crippen LogP contribution in [0.4, 0.5) is 0 Å². The van der Waals surface area contributed by atoms with E-state index in [1.54, 1.807) is 0 Å². The van der Waals surface area contributed by atoms with Gasteiger partial charge in [0, 0.05) is 6.54 Å². The highest BCUT2D eigenvalue weighted by atomic mass is 15.0. The highest BCUT2D eigenvalue weighted by Crippen LogP contribution is 2.08. The summed E-state index contributed by atoms with van der Waals surface area (Å²) in [5.41, 5.74) is 0. The summed E-state index contributed by atoms with van der Waals surface area (Å²) in [5.74, 6) is 0.758. The second-order valence-electron chi connectivity index (χ2n) is 2.63. The standard InChI is InChI=1S/C6H12BN/c1-6-4-3-5-8(2)7-6/h3-4,6-7H,5H2,1-2H3. The molecule has 0 saturated heterocycles. The van der Waals surface area contributed by atoms with Crippen LogP contribution in [0.2, 0.25) is 5.82 Å². The fourth-order valence-electron chi connectivity index (χ4n) is 1.10. The predicted molar refractivity (Wildman–Crippen MR) is 38.3 cm³/mol. The minimum atomic E-state index is 0.758. The summed E-state index contributed by atoms with van der Waals surface area (Å²) in [6.45, 7) is 3.37. The summed E-state index contributed by atoms with van der Waals surface area (Å²) >= 11 is 0. The summed E-state index contributed by atoms with van der Waals surface area (Å²) in [4.78, 5) is 2.32. The fraction of sp³-hybridized carbons (Fsp3) is 0.667. The third-order valence-corrected chi connectivity index (χ3v) is 1.48. The molecule has 8 heavy (non-hydrogen) atoms. The van der Waals surface area contributed by atoms with Crippen molar-refractivity contribution < 1.29 is 0 Å². The molecule has 0 radical (unpaired) electrons. The molecule has 1 heterocycles. The first kappa shape index (κ1) is 5.89. The van der Waals surface area contributed by atoms with E-state index in [0.29, 0.717) is 0 Å². The molecule has 1 aliphatic rings. The second kappa shape index (κ2) is 2.36. The molecule has 1 atom stereocenters. The molecule has 0 aromatic rings. The zero-order chi connectivity index (χ0) is 5.98. The number of nitrogens with zero attached hydrogens (tertiary/aromatic N) is 1. The van der Waals surface area contributed by atoms with Crippen molar-refractivity contribution in [2.75, 3.05) is 13.6 Å². The van der Waals surface area contributed by atoms with Gasteiger partial charge in [0.25, 0.3) is 0 Å². The molecule has 0 aromatic heterocycles. The first-order chi connectivity index (χ1) is 3.79. The Kier molecular flexibility index (Phi) is 1.74. The van der Waals surface area contributed by atoms with Crippen LogP contribution >= 0.6 is 0 Å². The molecule has 1 nitrogen and oxygen atoms in total. The summed E-state index contributed by atoms with van der Waals surface area (Å²) in [6.07, 6.45) is 4.51. The molecule has 1 rings (SSSR count). The minimum absolute atomic E-state index is 0.758. The Morgan fingerprint density at radius 3 is 2.88 bits per heavy atom. The quantitative estimate of drug-likeness (QED) is 0.326. The van der Waals surface area contributed by atoms with Gasteiger partial charge in [-0.3, -0.25) is 0 Å². The molecule has 1 aliphatic heterocycles. The Labute approximate surface area is 51.6 Å². The number of rotatable bonds is 0. The van der Waals surface area contributed by atoms with Crippen molar-refractivity contribution in [3.63, 3.8) is 0 Å². The monoisotopic (exact) mass is 109 g/mol. The lowest BCUT2D eigenvalue weighted by molar-refractivity contribution is 0.579. The smallest absolute Gasteiger partial charge is 0.211 e. The van der Waals surface area contributed by atoms with E-state index in [9.17, 15) is 0 Å². The van der Waals surface area contributed by atoms with E-state index in [2.05, 4.69) is 30.9 Å².